The summed E-state index contributed by atoms with van der Waals surface area (Å²) in [5.74, 6) is 1.19. The number of nitrogens with one attached hydrogen (secondary N) is 2. The number of fused-ring (bicyclic) bond motifs is 2. The van der Waals surface area contributed by atoms with E-state index in [-0.39, 0.29) is 5.78 Å². The number of rotatable bonds is 3. The van der Waals surface area contributed by atoms with Crippen LogP contribution in [0.15, 0.2) is 23.9 Å². The van der Waals surface area contributed by atoms with E-state index in [2.05, 4.69) is 33.7 Å². The zero-order valence-corrected chi connectivity index (χ0v) is 11.1. The van der Waals surface area contributed by atoms with Crippen LogP contribution in [0.4, 0.5) is 5.82 Å². The summed E-state index contributed by atoms with van der Waals surface area (Å²) in [6.45, 7) is 4.18. The summed E-state index contributed by atoms with van der Waals surface area (Å²) in [6, 6.07) is 3.99. The van der Waals surface area contributed by atoms with Crippen LogP contribution in [-0.2, 0) is 4.79 Å². The maximum Gasteiger partial charge on any atom is 0.156 e. The molecule has 1 aromatic heterocycles. The van der Waals surface area contributed by atoms with Gasteiger partial charge in [0.1, 0.15) is 0 Å². The van der Waals surface area contributed by atoms with Crippen molar-refractivity contribution >= 4 is 17.3 Å². The van der Waals surface area contributed by atoms with Crippen LogP contribution < -0.4 is 15.8 Å². The summed E-state index contributed by atoms with van der Waals surface area (Å²) in [7, 11) is 0. The van der Waals surface area contributed by atoms with Gasteiger partial charge in [0, 0.05) is 30.4 Å². The number of hydrazine groups is 1. The van der Waals surface area contributed by atoms with Crippen LogP contribution in [0.25, 0.3) is 5.70 Å². The van der Waals surface area contributed by atoms with Gasteiger partial charge in [0.05, 0.1) is 13.1 Å². The van der Waals surface area contributed by atoms with Crippen molar-refractivity contribution in [3.8, 4) is 0 Å². The van der Waals surface area contributed by atoms with E-state index in [1.54, 1.807) is 6.20 Å². The van der Waals surface area contributed by atoms with Crippen LogP contribution in [0.1, 0.15) is 25.3 Å². The molecule has 0 spiro atoms. The summed E-state index contributed by atoms with van der Waals surface area (Å²) in [4.78, 5) is 16.1. The lowest BCUT2D eigenvalue weighted by Gasteiger charge is -2.35. The summed E-state index contributed by atoms with van der Waals surface area (Å²) in [5, 5.41) is 5.29. The number of hydrogen-bond donors (Lipinski definition) is 2. The molecule has 0 unspecified atom stereocenters. The molecule has 0 bridgehead atoms. The molecule has 2 N–H and O–H groups in total. The average Bonchev–Trinajstić information content (AvgIpc) is 2.44. The molecular formula is C14H18N4O. The lowest BCUT2D eigenvalue weighted by atomic mass is 9.95. The molecular weight excluding hydrogens is 240 g/mol. The minimum absolute atomic E-state index is 0.251. The fourth-order valence-corrected chi connectivity index (χ4v) is 2.57. The van der Waals surface area contributed by atoms with Crippen LogP contribution in [0, 0.1) is 0 Å². The van der Waals surface area contributed by atoms with E-state index < -0.39 is 0 Å². The number of anilines is 1. The highest BCUT2D eigenvalue weighted by molar-refractivity contribution is 5.92. The molecule has 0 aromatic carbocycles. The summed E-state index contributed by atoms with van der Waals surface area (Å²) in [6.07, 6.45) is 3.40. The number of carbonyl (C=O) groups is 1. The zero-order valence-electron chi connectivity index (χ0n) is 11.1. The van der Waals surface area contributed by atoms with Gasteiger partial charge in [0.25, 0.3) is 0 Å². The van der Waals surface area contributed by atoms with Gasteiger partial charge < -0.3 is 5.32 Å². The molecule has 19 heavy (non-hydrogen) atoms. The molecule has 3 heterocycles. The maximum atomic E-state index is 11.6. The summed E-state index contributed by atoms with van der Waals surface area (Å²) >= 11 is 0. The number of pyridine rings is 1. The van der Waals surface area contributed by atoms with Crippen LogP contribution in [0.5, 0.6) is 0 Å². The molecule has 3 rings (SSSR count). The van der Waals surface area contributed by atoms with Crippen molar-refractivity contribution in [3.63, 3.8) is 0 Å². The Hall–Kier alpha value is -1.88. The molecule has 100 valence electrons. The van der Waals surface area contributed by atoms with E-state index in [1.165, 1.54) is 0 Å². The minimum Gasteiger partial charge on any atom is -0.377 e. The van der Waals surface area contributed by atoms with Crippen molar-refractivity contribution in [2.75, 3.05) is 24.6 Å². The third kappa shape index (κ3) is 2.21. The standard InChI is InChI=1S/C14H18N4O/c1-2-5-17-18-9-10-7-11(19)8-16-13(10)12-4-3-6-15-14(12)18/h3-4,6,16-17H,2,5,7-9H2,1H3. The lowest BCUT2D eigenvalue weighted by Crippen LogP contribution is -2.46. The van der Waals surface area contributed by atoms with E-state index in [4.69, 9.17) is 0 Å². The van der Waals surface area contributed by atoms with Gasteiger partial charge in [-0.05, 0) is 24.1 Å². The van der Waals surface area contributed by atoms with Gasteiger partial charge in [0.15, 0.2) is 11.6 Å². The first-order chi connectivity index (χ1) is 9.29. The van der Waals surface area contributed by atoms with Crippen molar-refractivity contribution < 1.29 is 4.79 Å². The third-order valence-electron chi connectivity index (χ3n) is 3.44. The van der Waals surface area contributed by atoms with E-state index >= 15 is 0 Å². The van der Waals surface area contributed by atoms with E-state index in [0.29, 0.717) is 13.0 Å². The van der Waals surface area contributed by atoms with E-state index in [1.807, 2.05) is 6.07 Å². The molecule has 0 fully saturated rings. The molecule has 0 radical (unpaired) electrons. The number of Topliss-reactive ketones (excluding diaryl/α,β-unsaturated/α-hetero) is 1. The van der Waals surface area contributed by atoms with E-state index in [0.717, 1.165) is 42.2 Å². The Balaban J connectivity index is 1.98. The van der Waals surface area contributed by atoms with Gasteiger partial charge >= 0.3 is 0 Å². The SMILES string of the molecule is CCCNN1CC2=C(NCC(=O)C2)c2cccnc21. The molecule has 0 amide bonds. The van der Waals surface area contributed by atoms with Gasteiger partial charge in [-0.3, -0.25) is 9.80 Å². The van der Waals surface area contributed by atoms with Gasteiger partial charge in [-0.2, -0.15) is 0 Å². The largest absolute Gasteiger partial charge is 0.377 e. The predicted octanol–water partition coefficient (Wildman–Crippen LogP) is 1.09. The first kappa shape index (κ1) is 12.2. The molecule has 0 saturated heterocycles. The summed E-state index contributed by atoms with van der Waals surface area (Å²) in [5.41, 5.74) is 6.70. The zero-order chi connectivity index (χ0) is 13.2. The Morgan fingerprint density at radius 2 is 2.42 bits per heavy atom. The van der Waals surface area contributed by atoms with Gasteiger partial charge in [-0.1, -0.05) is 6.92 Å². The fraction of sp³-hybridized carbons (Fsp3) is 0.429. The van der Waals surface area contributed by atoms with E-state index in [9.17, 15) is 4.79 Å². The van der Waals surface area contributed by atoms with Crippen molar-refractivity contribution in [1.82, 2.24) is 15.7 Å². The van der Waals surface area contributed by atoms with Gasteiger partial charge in [-0.25, -0.2) is 10.4 Å². The molecule has 2 aliphatic rings. The van der Waals surface area contributed by atoms with Crippen molar-refractivity contribution in [1.29, 1.82) is 0 Å². The predicted molar refractivity (Wildman–Crippen MR) is 74.4 cm³/mol. The van der Waals surface area contributed by atoms with Crippen molar-refractivity contribution in [2.45, 2.75) is 19.8 Å². The topological polar surface area (TPSA) is 57.3 Å². The number of aromatic nitrogens is 1. The maximum absolute atomic E-state index is 11.6. The van der Waals surface area contributed by atoms with Crippen LogP contribution in [0.3, 0.4) is 0 Å². The van der Waals surface area contributed by atoms with Crippen LogP contribution in [0.2, 0.25) is 0 Å². The lowest BCUT2D eigenvalue weighted by molar-refractivity contribution is -0.117. The van der Waals surface area contributed by atoms with Crippen LogP contribution in [-0.4, -0.2) is 30.4 Å². The molecule has 1 aromatic rings. The Morgan fingerprint density at radius 3 is 3.26 bits per heavy atom. The number of ketones is 1. The Labute approximate surface area is 112 Å². The second kappa shape index (κ2) is 5.01. The second-order valence-electron chi connectivity index (χ2n) is 4.92. The monoisotopic (exact) mass is 258 g/mol. The smallest absolute Gasteiger partial charge is 0.156 e. The first-order valence-corrected chi connectivity index (χ1v) is 6.73. The molecule has 5 nitrogen and oxygen atoms in total. The molecule has 5 heteroatoms. The Kier molecular flexibility index (Phi) is 3.21. The highest BCUT2D eigenvalue weighted by atomic mass is 16.1. The fourth-order valence-electron chi connectivity index (χ4n) is 2.57. The molecule has 2 aliphatic heterocycles. The number of carbonyl (C=O) groups excluding carboxylic acids is 1. The van der Waals surface area contributed by atoms with Gasteiger partial charge in [0.2, 0.25) is 0 Å². The van der Waals surface area contributed by atoms with Crippen LogP contribution >= 0.6 is 0 Å². The minimum atomic E-state index is 0.251. The third-order valence-corrected chi connectivity index (χ3v) is 3.44. The molecule has 0 saturated carbocycles. The highest BCUT2D eigenvalue weighted by Gasteiger charge is 2.29. The highest BCUT2D eigenvalue weighted by Crippen LogP contribution is 2.33. The normalized spacial score (nSPS) is 17.9. The average molecular weight is 258 g/mol. The van der Waals surface area contributed by atoms with Crippen molar-refractivity contribution in [2.24, 2.45) is 0 Å². The first-order valence-electron chi connectivity index (χ1n) is 6.73. The Bertz CT molecular complexity index is 538. The van der Waals surface area contributed by atoms with Gasteiger partial charge in [-0.15, -0.1) is 0 Å². The second-order valence-corrected chi connectivity index (χ2v) is 4.92. The number of nitrogens with zero attached hydrogens (tertiary/aromatic N) is 2. The summed E-state index contributed by atoms with van der Waals surface area (Å²) < 4.78 is 0. The quantitative estimate of drug-likeness (QED) is 0.850. The molecule has 0 atom stereocenters. The molecule has 0 aliphatic carbocycles. The van der Waals surface area contributed by atoms with Crippen molar-refractivity contribution in [3.05, 3.63) is 29.5 Å². The Morgan fingerprint density at radius 1 is 1.53 bits per heavy atom. The number of hydrogen-bond acceptors (Lipinski definition) is 5.